The second-order valence-electron chi connectivity index (χ2n) is 9.82. The predicted molar refractivity (Wildman–Crippen MR) is 139 cm³/mol. The molecule has 202 valence electrons. The number of halogens is 3. The summed E-state index contributed by atoms with van der Waals surface area (Å²) in [7, 11) is 1.59. The molecule has 3 aliphatic rings. The van der Waals surface area contributed by atoms with Crippen LogP contribution in [0.1, 0.15) is 40.5 Å². The maximum absolute atomic E-state index is 15.3. The van der Waals surface area contributed by atoms with Crippen molar-refractivity contribution in [2.24, 2.45) is 0 Å². The van der Waals surface area contributed by atoms with Crippen molar-refractivity contribution in [2.45, 2.75) is 30.5 Å². The van der Waals surface area contributed by atoms with Gasteiger partial charge in [0, 0.05) is 42.8 Å². The van der Waals surface area contributed by atoms with Crippen LogP contribution in [0.4, 0.5) is 8.78 Å². The molecule has 1 N–H and O–H groups in total. The monoisotopic (exact) mass is 555 g/mol. The Balaban J connectivity index is 1.67. The molecule has 1 aliphatic carbocycles. The van der Waals surface area contributed by atoms with Crippen LogP contribution in [0.5, 0.6) is 11.5 Å². The third-order valence-corrected chi connectivity index (χ3v) is 8.07. The van der Waals surface area contributed by atoms with E-state index in [0.717, 1.165) is 12.1 Å². The van der Waals surface area contributed by atoms with Crippen LogP contribution in [0.2, 0.25) is 5.02 Å². The highest BCUT2D eigenvalue weighted by molar-refractivity contribution is 6.31. The van der Waals surface area contributed by atoms with Crippen molar-refractivity contribution in [3.8, 4) is 11.5 Å². The van der Waals surface area contributed by atoms with Crippen molar-refractivity contribution in [3.05, 3.63) is 105 Å². The lowest BCUT2D eigenvalue weighted by molar-refractivity contribution is -0.0602. The minimum atomic E-state index is -1.16. The first-order valence-corrected chi connectivity index (χ1v) is 12.7. The summed E-state index contributed by atoms with van der Waals surface area (Å²) in [6.07, 6.45) is 5.59. The van der Waals surface area contributed by atoms with Gasteiger partial charge in [0.1, 0.15) is 19.3 Å². The first kappa shape index (κ1) is 25.4. The molecule has 6 rings (SSSR count). The first-order chi connectivity index (χ1) is 18.8. The summed E-state index contributed by atoms with van der Waals surface area (Å²) in [5.41, 5.74) is -1.05. The summed E-state index contributed by atoms with van der Waals surface area (Å²) < 4.78 is 42.5. The van der Waals surface area contributed by atoms with Crippen LogP contribution in [0, 0.1) is 11.6 Å². The van der Waals surface area contributed by atoms with Crippen LogP contribution in [0.3, 0.4) is 0 Å². The number of carbonyl (C=O) groups excluding carboxylic acids is 1. The number of benzene rings is 2. The summed E-state index contributed by atoms with van der Waals surface area (Å²) in [6, 6.07) is 9.52. The van der Waals surface area contributed by atoms with Gasteiger partial charge < -0.3 is 19.5 Å². The van der Waals surface area contributed by atoms with Crippen molar-refractivity contribution >= 4 is 17.5 Å². The molecule has 0 radical (unpaired) electrons. The van der Waals surface area contributed by atoms with Crippen LogP contribution < -0.4 is 15.2 Å². The molecule has 1 aromatic heterocycles. The van der Waals surface area contributed by atoms with Crippen LogP contribution in [0.15, 0.2) is 65.6 Å². The largest absolute Gasteiger partial charge is 0.502 e. The predicted octanol–water partition coefficient (Wildman–Crippen LogP) is 4.12. The molecule has 8 nitrogen and oxygen atoms in total. The van der Waals surface area contributed by atoms with Crippen molar-refractivity contribution in [3.63, 3.8) is 0 Å². The summed E-state index contributed by atoms with van der Waals surface area (Å²) >= 11 is 6.66. The Morgan fingerprint density at radius 2 is 1.87 bits per heavy atom. The molecule has 1 atom stereocenters. The van der Waals surface area contributed by atoms with Crippen molar-refractivity contribution in [1.29, 1.82) is 0 Å². The van der Waals surface area contributed by atoms with Gasteiger partial charge in [-0.1, -0.05) is 35.9 Å². The van der Waals surface area contributed by atoms with Crippen LogP contribution >= 0.6 is 11.6 Å². The Morgan fingerprint density at radius 1 is 1.10 bits per heavy atom. The number of rotatable bonds is 2. The molecule has 2 aliphatic heterocycles. The summed E-state index contributed by atoms with van der Waals surface area (Å²) in [5.74, 6) is -3.82. The normalized spacial score (nSPS) is 24.8. The van der Waals surface area contributed by atoms with E-state index >= 15 is 4.39 Å². The lowest BCUT2D eigenvalue weighted by Crippen LogP contribution is -2.67. The van der Waals surface area contributed by atoms with E-state index in [1.165, 1.54) is 16.9 Å². The summed E-state index contributed by atoms with van der Waals surface area (Å²) in [5, 5.41) is 12.9. The molecule has 1 amide bonds. The zero-order valence-corrected chi connectivity index (χ0v) is 21.6. The minimum absolute atomic E-state index is 0.0384. The second-order valence-corrected chi connectivity index (χ2v) is 10.2. The highest BCUT2D eigenvalue weighted by Gasteiger charge is 2.53. The molecule has 39 heavy (non-hydrogen) atoms. The number of hydrogen-bond acceptors (Lipinski definition) is 6. The maximum atomic E-state index is 15.3. The Labute approximate surface area is 227 Å². The Kier molecular flexibility index (Phi) is 6.11. The number of fused-ring (bicyclic) bond motifs is 6. The number of aromatic nitrogens is 1. The van der Waals surface area contributed by atoms with Gasteiger partial charge in [0.25, 0.3) is 5.91 Å². The molecule has 11 heteroatoms. The third-order valence-electron chi connectivity index (χ3n) is 7.72. The van der Waals surface area contributed by atoms with Crippen molar-refractivity contribution in [1.82, 2.24) is 9.58 Å². The average molecular weight is 556 g/mol. The number of pyridine rings is 1. The standard InChI is InChI=1S/C28H24ClF2N3O5/c1-38-16-13-28(14-16)10-4-12-39-26-18(7-8-20(30)22(26)31)23(17-5-2-3-6-19(17)29)34-15-32(28)27(37)24-25(36)21(35)9-11-33(24)34/h2-11,16,23,36H,12-15H2,1H3/b10-4+. The van der Waals surface area contributed by atoms with Gasteiger partial charge in [-0.05, 0) is 29.8 Å². The van der Waals surface area contributed by atoms with E-state index in [2.05, 4.69) is 0 Å². The molecule has 1 unspecified atom stereocenters. The highest BCUT2D eigenvalue weighted by Crippen LogP contribution is 2.46. The Morgan fingerprint density at radius 3 is 2.62 bits per heavy atom. The molecule has 1 fully saturated rings. The maximum Gasteiger partial charge on any atom is 0.278 e. The lowest BCUT2D eigenvalue weighted by Gasteiger charge is -2.56. The molecule has 1 spiro atoms. The quantitative estimate of drug-likeness (QED) is 0.479. The van der Waals surface area contributed by atoms with Gasteiger partial charge in [-0.25, -0.2) is 4.39 Å². The van der Waals surface area contributed by atoms with E-state index in [1.54, 1.807) is 53.4 Å². The molecule has 0 saturated heterocycles. The number of carbonyl (C=O) groups is 1. The van der Waals surface area contributed by atoms with Gasteiger partial charge in [-0.3, -0.25) is 19.3 Å². The fraction of sp³-hybridized carbons (Fsp3) is 0.286. The molecule has 3 aromatic rings. The number of nitrogens with zero attached hydrogens (tertiary/aromatic N) is 3. The Bertz CT molecular complexity index is 1570. The number of aromatic hydroxyl groups is 1. The van der Waals surface area contributed by atoms with Gasteiger partial charge in [-0.2, -0.15) is 4.39 Å². The Hall–Kier alpha value is -3.89. The van der Waals surface area contributed by atoms with Gasteiger partial charge in [0.2, 0.25) is 11.2 Å². The van der Waals surface area contributed by atoms with Gasteiger partial charge in [0.15, 0.2) is 23.0 Å². The van der Waals surface area contributed by atoms with E-state index in [4.69, 9.17) is 21.1 Å². The number of methoxy groups -OCH3 is 1. The van der Waals surface area contributed by atoms with E-state index in [1.807, 2.05) is 0 Å². The highest BCUT2D eigenvalue weighted by atomic mass is 35.5. The molecule has 1 saturated carbocycles. The van der Waals surface area contributed by atoms with E-state index < -0.39 is 40.3 Å². The van der Waals surface area contributed by atoms with Crippen LogP contribution in [-0.2, 0) is 4.74 Å². The smallest absolute Gasteiger partial charge is 0.278 e. The third kappa shape index (κ3) is 3.89. The fourth-order valence-corrected chi connectivity index (χ4v) is 5.96. The fourth-order valence-electron chi connectivity index (χ4n) is 5.72. The van der Waals surface area contributed by atoms with E-state index in [-0.39, 0.29) is 36.4 Å². The molecular formula is C28H24ClF2N3O5. The molecule has 2 aromatic carbocycles. The SMILES string of the molecule is COC1CC2(/C=C/COc3c(ccc(F)c3F)C(c3ccccc3Cl)N3CN2C(=O)c2c(O)c(=O)ccn23)C1. The van der Waals surface area contributed by atoms with Crippen molar-refractivity contribution in [2.75, 3.05) is 25.4 Å². The molecule has 3 heterocycles. The minimum Gasteiger partial charge on any atom is -0.502 e. The summed E-state index contributed by atoms with van der Waals surface area (Å²) in [6.45, 7) is -0.136. The molecule has 2 bridgehead atoms. The van der Waals surface area contributed by atoms with Gasteiger partial charge >= 0.3 is 0 Å². The first-order valence-electron chi connectivity index (χ1n) is 12.3. The van der Waals surface area contributed by atoms with Crippen LogP contribution in [0.25, 0.3) is 0 Å². The topological polar surface area (TPSA) is 84.2 Å². The zero-order valence-electron chi connectivity index (χ0n) is 20.8. The number of amides is 1. The second kappa shape index (κ2) is 9.39. The summed E-state index contributed by atoms with van der Waals surface area (Å²) in [4.78, 5) is 28.0. The van der Waals surface area contributed by atoms with Gasteiger partial charge in [-0.15, -0.1) is 0 Å². The van der Waals surface area contributed by atoms with Gasteiger partial charge in [0.05, 0.1) is 11.6 Å². The van der Waals surface area contributed by atoms with Crippen LogP contribution in [-0.4, -0.2) is 52.6 Å². The van der Waals surface area contributed by atoms with Crippen molar-refractivity contribution < 1.29 is 28.2 Å². The number of ether oxygens (including phenoxy) is 2. The van der Waals surface area contributed by atoms with E-state index in [0.29, 0.717) is 23.4 Å². The lowest BCUT2D eigenvalue weighted by atomic mass is 9.72. The number of hydrogen-bond donors (Lipinski definition) is 1. The average Bonchev–Trinajstić information content (AvgIpc) is 2.92. The molecular weight excluding hydrogens is 532 g/mol. The van der Waals surface area contributed by atoms with E-state index in [9.17, 15) is 19.1 Å². The zero-order chi connectivity index (χ0) is 27.5.